The van der Waals surface area contributed by atoms with E-state index in [1.807, 2.05) is 72.0 Å². The van der Waals surface area contributed by atoms with Crippen LogP contribution in [0, 0.1) is 0 Å². The second kappa shape index (κ2) is 6.00. The van der Waals surface area contributed by atoms with Crippen LogP contribution in [-0.4, -0.2) is 13.2 Å². The summed E-state index contributed by atoms with van der Waals surface area (Å²) in [7, 11) is 3.90. The highest BCUT2D eigenvalue weighted by Gasteiger charge is 2.07. The van der Waals surface area contributed by atoms with E-state index in [1.54, 1.807) is 0 Å². The molecule has 0 radical (unpaired) electrons. The third-order valence-electron chi connectivity index (χ3n) is 2.60. The Balaban J connectivity index is 1.80. The zero-order valence-electron chi connectivity index (χ0n) is 10.7. The van der Waals surface area contributed by atoms with Crippen molar-refractivity contribution in [3.05, 3.63) is 48.8 Å². The molecule has 0 saturated carbocycles. The first kappa shape index (κ1) is 12.4. The highest BCUT2D eigenvalue weighted by Crippen LogP contribution is 2.02. The minimum atomic E-state index is 0.521. The van der Waals surface area contributed by atoms with Gasteiger partial charge in [0.1, 0.15) is 27.3 Å². The molecule has 94 valence electrons. The number of hydrogen-bond donors (Lipinski definition) is 0. The van der Waals surface area contributed by atoms with E-state index in [0.717, 1.165) is 11.8 Å². The molecule has 0 aliphatic heterocycles. The van der Waals surface area contributed by atoms with Crippen LogP contribution < -0.4 is 18.6 Å². The van der Waals surface area contributed by atoms with Gasteiger partial charge in [-0.3, -0.25) is 0 Å². The van der Waals surface area contributed by atoms with Crippen LogP contribution in [0.1, 0.15) is 0 Å². The Hall–Kier alpha value is -2.10. The average molecular weight is 246 g/mol. The summed E-state index contributed by atoms with van der Waals surface area (Å²) in [6.45, 7) is 1.04. The number of rotatable bonds is 5. The van der Waals surface area contributed by atoms with Gasteiger partial charge < -0.3 is 9.47 Å². The van der Waals surface area contributed by atoms with Gasteiger partial charge >= 0.3 is 11.8 Å². The Kier molecular flexibility index (Phi) is 4.12. The van der Waals surface area contributed by atoms with E-state index < -0.39 is 0 Å². The lowest BCUT2D eigenvalue weighted by atomic mass is 10.5. The normalized spacial score (nSPS) is 10.1. The molecular formula is C14H18N2O2+2. The van der Waals surface area contributed by atoms with E-state index in [1.165, 1.54) is 0 Å². The monoisotopic (exact) mass is 246 g/mol. The first-order valence-electron chi connectivity index (χ1n) is 5.92. The van der Waals surface area contributed by atoms with E-state index in [9.17, 15) is 0 Å². The van der Waals surface area contributed by atoms with Crippen LogP contribution in [0.5, 0.6) is 11.8 Å². The van der Waals surface area contributed by atoms with Crippen molar-refractivity contribution in [3.63, 3.8) is 0 Å². The molecular weight excluding hydrogens is 228 g/mol. The molecule has 0 saturated heterocycles. The zero-order chi connectivity index (χ0) is 12.8. The van der Waals surface area contributed by atoms with Gasteiger partial charge in [0.05, 0.1) is 12.1 Å². The fourth-order valence-electron chi connectivity index (χ4n) is 1.61. The molecule has 0 N–H and O–H groups in total. The molecule has 4 nitrogen and oxygen atoms in total. The molecule has 2 aromatic rings. The van der Waals surface area contributed by atoms with E-state index in [2.05, 4.69) is 0 Å². The Morgan fingerprint density at radius 1 is 0.778 bits per heavy atom. The van der Waals surface area contributed by atoms with Crippen molar-refractivity contribution in [3.8, 4) is 11.8 Å². The molecule has 0 amide bonds. The summed E-state index contributed by atoms with van der Waals surface area (Å²) in [6.07, 6.45) is 3.90. The maximum atomic E-state index is 5.63. The lowest BCUT2D eigenvalue weighted by molar-refractivity contribution is -0.678. The molecule has 2 aromatic heterocycles. The maximum Gasteiger partial charge on any atom is 0.367 e. The molecule has 0 aliphatic carbocycles. The molecule has 0 atom stereocenters. The van der Waals surface area contributed by atoms with Gasteiger partial charge in [-0.1, -0.05) is 0 Å². The molecule has 0 aliphatic rings. The van der Waals surface area contributed by atoms with Gasteiger partial charge in [-0.25, -0.2) is 0 Å². The van der Waals surface area contributed by atoms with Crippen LogP contribution in [-0.2, 0) is 14.1 Å². The summed E-state index contributed by atoms with van der Waals surface area (Å²) in [6, 6.07) is 11.7. The molecule has 2 rings (SSSR count). The molecule has 0 spiro atoms. The van der Waals surface area contributed by atoms with Crippen molar-refractivity contribution in [1.82, 2.24) is 0 Å². The predicted octanol–water partition coefficient (Wildman–Crippen LogP) is 0.793. The second-order valence-electron chi connectivity index (χ2n) is 4.00. The molecule has 0 fully saturated rings. The third-order valence-corrected chi connectivity index (χ3v) is 2.60. The molecule has 0 bridgehead atoms. The van der Waals surface area contributed by atoms with Gasteiger partial charge in [0.2, 0.25) is 0 Å². The number of nitrogens with zero attached hydrogens (tertiary/aromatic N) is 2. The molecule has 2 heterocycles. The predicted molar refractivity (Wildman–Crippen MR) is 66.2 cm³/mol. The fourth-order valence-corrected chi connectivity index (χ4v) is 1.61. The highest BCUT2D eigenvalue weighted by atomic mass is 16.5. The Labute approximate surface area is 107 Å². The number of aryl methyl sites for hydroxylation is 2. The van der Waals surface area contributed by atoms with Gasteiger partial charge in [0, 0.05) is 12.1 Å². The molecule has 0 unspecified atom stereocenters. The van der Waals surface area contributed by atoms with E-state index in [-0.39, 0.29) is 0 Å². The SMILES string of the molecule is C[n+]1ccccc1OCCOc1cccc[n+]1C. The smallest absolute Gasteiger partial charge is 0.367 e. The maximum absolute atomic E-state index is 5.63. The topological polar surface area (TPSA) is 26.2 Å². The number of pyridine rings is 2. The third kappa shape index (κ3) is 3.20. The largest absolute Gasteiger partial charge is 0.441 e. The number of aromatic nitrogens is 2. The Morgan fingerprint density at radius 3 is 1.61 bits per heavy atom. The molecule has 0 aromatic carbocycles. The minimum Gasteiger partial charge on any atom is -0.441 e. The zero-order valence-corrected chi connectivity index (χ0v) is 10.7. The van der Waals surface area contributed by atoms with Gasteiger partial charge in [-0.2, -0.15) is 9.13 Å². The minimum absolute atomic E-state index is 0.521. The first-order chi connectivity index (χ1) is 8.77. The van der Waals surface area contributed by atoms with Crippen molar-refractivity contribution in [1.29, 1.82) is 0 Å². The van der Waals surface area contributed by atoms with Gasteiger partial charge in [0.15, 0.2) is 12.4 Å². The summed E-state index contributed by atoms with van der Waals surface area (Å²) in [5, 5.41) is 0. The van der Waals surface area contributed by atoms with Crippen LogP contribution in [0.25, 0.3) is 0 Å². The standard InChI is InChI=1S/C14H18N2O2/c1-15-9-5-3-7-13(15)17-11-12-18-14-8-4-6-10-16(14)2/h3-10H,11-12H2,1-2H3/q+2. The van der Waals surface area contributed by atoms with E-state index in [0.29, 0.717) is 13.2 Å². The van der Waals surface area contributed by atoms with Crippen LogP contribution in [0.3, 0.4) is 0 Å². The highest BCUT2D eigenvalue weighted by molar-refractivity contribution is 5.03. The van der Waals surface area contributed by atoms with E-state index >= 15 is 0 Å². The quantitative estimate of drug-likeness (QED) is 0.576. The van der Waals surface area contributed by atoms with Crippen molar-refractivity contribution < 1.29 is 18.6 Å². The lowest BCUT2D eigenvalue weighted by Crippen LogP contribution is -2.32. The number of hydrogen-bond acceptors (Lipinski definition) is 2. The Morgan fingerprint density at radius 2 is 1.22 bits per heavy atom. The fraction of sp³-hybridized carbons (Fsp3) is 0.286. The van der Waals surface area contributed by atoms with Gasteiger partial charge in [-0.05, 0) is 12.1 Å². The van der Waals surface area contributed by atoms with Gasteiger partial charge in [-0.15, -0.1) is 0 Å². The van der Waals surface area contributed by atoms with Crippen molar-refractivity contribution in [2.75, 3.05) is 13.2 Å². The summed E-state index contributed by atoms with van der Waals surface area (Å²) >= 11 is 0. The summed E-state index contributed by atoms with van der Waals surface area (Å²) in [5.41, 5.74) is 0. The van der Waals surface area contributed by atoms with Gasteiger partial charge in [0.25, 0.3) is 0 Å². The summed E-state index contributed by atoms with van der Waals surface area (Å²) < 4.78 is 15.1. The average Bonchev–Trinajstić information content (AvgIpc) is 2.38. The van der Waals surface area contributed by atoms with Crippen molar-refractivity contribution >= 4 is 0 Å². The molecule has 4 heteroatoms. The second-order valence-corrected chi connectivity index (χ2v) is 4.00. The number of ether oxygens (including phenoxy) is 2. The van der Waals surface area contributed by atoms with Crippen molar-refractivity contribution in [2.45, 2.75) is 0 Å². The summed E-state index contributed by atoms with van der Waals surface area (Å²) in [4.78, 5) is 0. The van der Waals surface area contributed by atoms with Crippen LogP contribution in [0.4, 0.5) is 0 Å². The summed E-state index contributed by atoms with van der Waals surface area (Å²) in [5.74, 6) is 1.66. The van der Waals surface area contributed by atoms with Crippen LogP contribution in [0.2, 0.25) is 0 Å². The lowest BCUT2D eigenvalue weighted by Gasteiger charge is -2.04. The first-order valence-corrected chi connectivity index (χ1v) is 5.92. The Bertz CT molecular complexity index is 467. The molecule has 18 heavy (non-hydrogen) atoms. The van der Waals surface area contributed by atoms with Crippen LogP contribution in [0.15, 0.2) is 48.8 Å². The van der Waals surface area contributed by atoms with E-state index in [4.69, 9.17) is 9.47 Å². The van der Waals surface area contributed by atoms with Crippen LogP contribution >= 0.6 is 0 Å². The van der Waals surface area contributed by atoms with Crippen molar-refractivity contribution in [2.24, 2.45) is 14.1 Å².